The van der Waals surface area contributed by atoms with Gasteiger partial charge in [0.25, 0.3) is 0 Å². The molecule has 1 aliphatic rings. The summed E-state index contributed by atoms with van der Waals surface area (Å²) in [6, 6.07) is 1.93. The molecule has 1 saturated carbocycles. The van der Waals surface area contributed by atoms with Crippen molar-refractivity contribution in [2.24, 2.45) is 5.92 Å². The third-order valence-corrected chi connectivity index (χ3v) is 4.61. The Balaban J connectivity index is 1.43. The first-order valence-electron chi connectivity index (χ1n) is 8.07. The van der Waals surface area contributed by atoms with Gasteiger partial charge in [0.2, 0.25) is 11.8 Å². The van der Waals surface area contributed by atoms with Crippen LogP contribution in [0.1, 0.15) is 19.3 Å². The van der Waals surface area contributed by atoms with Gasteiger partial charge in [0.15, 0.2) is 0 Å². The van der Waals surface area contributed by atoms with Crippen molar-refractivity contribution in [3.63, 3.8) is 0 Å². The summed E-state index contributed by atoms with van der Waals surface area (Å²) in [6.45, 7) is 4.41. The fourth-order valence-electron chi connectivity index (χ4n) is 3.19. The Hall–Kier alpha value is -2.77. The highest BCUT2D eigenvalue weighted by Gasteiger charge is 2.48. The summed E-state index contributed by atoms with van der Waals surface area (Å²) in [5.41, 5.74) is 3.19. The lowest BCUT2D eigenvalue weighted by Crippen LogP contribution is -2.45. The summed E-state index contributed by atoms with van der Waals surface area (Å²) in [5.74, 6) is -3.58. The van der Waals surface area contributed by atoms with Crippen LogP contribution in [0, 0.1) is 5.92 Å². The fraction of sp³-hybridized carbons (Fsp3) is 0.353. The molecule has 2 N–H and O–H groups in total. The predicted octanol–water partition coefficient (Wildman–Crippen LogP) is 2.93. The van der Waals surface area contributed by atoms with E-state index in [9.17, 15) is 13.6 Å². The van der Waals surface area contributed by atoms with Gasteiger partial charge in [-0.3, -0.25) is 4.79 Å². The molecule has 4 rings (SSSR count). The van der Waals surface area contributed by atoms with E-state index in [1.807, 2.05) is 16.8 Å². The summed E-state index contributed by atoms with van der Waals surface area (Å²) in [6.07, 6.45) is 4.96. The first-order valence-corrected chi connectivity index (χ1v) is 8.07. The van der Waals surface area contributed by atoms with Crippen molar-refractivity contribution in [3.8, 4) is 0 Å². The van der Waals surface area contributed by atoms with E-state index in [0.29, 0.717) is 13.0 Å². The maximum absolute atomic E-state index is 12.8. The van der Waals surface area contributed by atoms with E-state index in [-0.39, 0.29) is 18.7 Å². The zero-order valence-electron chi connectivity index (χ0n) is 13.4. The van der Waals surface area contributed by atoms with Crippen LogP contribution >= 0.6 is 0 Å². The number of rotatable bonds is 5. The van der Waals surface area contributed by atoms with Crippen LogP contribution in [0.25, 0.3) is 27.8 Å². The minimum absolute atomic E-state index is 0.313. The van der Waals surface area contributed by atoms with Gasteiger partial charge in [0, 0.05) is 49.0 Å². The molecule has 1 amide bonds. The van der Waals surface area contributed by atoms with Crippen LogP contribution in [-0.4, -0.2) is 37.9 Å². The van der Waals surface area contributed by atoms with Gasteiger partial charge in [0.1, 0.15) is 17.5 Å². The third kappa shape index (κ3) is 2.77. The van der Waals surface area contributed by atoms with Crippen molar-refractivity contribution in [1.29, 1.82) is 0 Å². The second-order valence-electron chi connectivity index (χ2n) is 6.41. The summed E-state index contributed by atoms with van der Waals surface area (Å²) in [7, 11) is 0. The second kappa shape index (κ2) is 5.65. The molecule has 0 spiro atoms. The largest absolute Gasteiger partial charge is 0.355 e. The first-order chi connectivity index (χ1) is 11.9. The van der Waals surface area contributed by atoms with Crippen molar-refractivity contribution < 1.29 is 13.6 Å². The Bertz CT molecular complexity index is 966. The molecule has 3 aromatic rings. The van der Waals surface area contributed by atoms with E-state index < -0.39 is 11.8 Å². The van der Waals surface area contributed by atoms with E-state index in [0.717, 1.165) is 27.8 Å². The molecule has 8 heteroatoms. The van der Waals surface area contributed by atoms with Gasteiger partial charge in [-0.25, -0.2) is 18.7 Å². The summed E-state index contributed by atoms with van der Waals surface area (Å²) in [4.78, 5) is 23.5. The molecular formula is C17H17F2N5O. The van der Waals surface area contributed by atoms with Crippen LogP contribution in [0.2, 0.25) is 0 Å². The molecule has 1 aliphatic carbocycles. The van der Waals surface area contributed by atoms with Crippen molar-refractivity contribution in [3.05, 3.63) is 31.4 Å². The van der Waals surface area contributed by atoms with Crippen LogP contribution in [-0.2, 0) is 4.79 Å². The van der Waals surface area contributed by atoms with Crippen molar-refractivity contribution in [1.82, 2.24) is 24.8 Å². The Kier molecular flexibility index (Phi) is 3.55. The molecule has 0 atom stereocenters. The molecule has 0 aliphatic heterocycles. The van der Waals surface area contributed by atoms with Crippen LogP contribution < -0.4 is 5.32 Å². The monoisotopic (exact) mass is 345 g/mol. The lowest BCUT2D eigenvalue weighted by Gasteiger charge is -2.33. The zero-order valence-corrected chi connectivity index (χ0v) is 13.4. The number of carbonyl (C=O) groups excluding carboxylic acids is 1. The molecule has 0 unspecified atom stereocenters. The molecule has 0 bridgehead atoms. The second-order valence-corrected chi connectivity index (χ2v) is 6.41. The molecule has 25 heavy (non-hydrogen) atoms. The molecular weight excluding hydrogens is 328 g/mol. The maximum Gasteiger partial charge on any atom is 0.249 e. The molecule has 0 saturated heterocycles. The molecule has 0 radical (unpaired) electrons. The maximum atomic E-state index is 12.8. The van der Waals surface area contributed by atoms with E-state index in [1.54, 1.807) is 12.5 Å². The van der Waals surface area contributed by atoms with Crippen LogP contribution in [0.4, 0.5) is 8.78 Å². The Labute approximate surface area is 141 Å². The van der Waals surface area contributed by atoms with Crippen LogP contribution in [0.3, 0.4) is 0 Å². The number of carbonyl (C=O) groups is 1. The summed E-state index contributed by atoms with van der Waals surface area (Å²) < 4.78 is 27.5. The first kappa shape index (κ1) is 15.7. The Morgan fingerprint density at radius 2 is 2.24 bits per heavy atom. The number of aromatic amines is 1. The van der Waals surface area contributed by atoms with Gasteiger partial charge >= 0.3 is 0 Å². The van der Waals surface area contributed by atoms with Crippen molar-refractivity contribution in [2.45, 2.75) is 25.2 Å². The zero-order chi connectivity index (χ0) is 17.6. The minimum atomic E-state index is -2.68. The van der Waals surface area contributed by atoms with Gasteiger partial charge in [-0.15, -0.1) is 0 Å². The lowest BCUT2D eigenvalue weighted by molar-refractivity contribution is -0.150. The highest BCUT2D eigenvalue weighted by Crippen LogP contribution is 2.42. The number of nitrogens with zero attached hydrogens (tertiary/aromatic N) is 3. The van der Waals surface area contributed by atoms with Gasteiger partial charge in [-0.2, -0.15) is 0 Å². The fourth-order valence-corrected chi connectivity index (χ4v) is 3.19. The predicted molar refractivity (Wildman–Crippen MR) is 90.0 cm³/mol. The van der Waals surface area contributed by atoms with E-state index in [2.05, 4.69) is 26.8 Å². The smallest absolute Gasteiger partial charge is 0.249 e. The summed E-state index contributed by atoms with van der Waals surface area (Å²) >= 11 is 0. The average molecular weight is 345 g/mol. The highest BCUT2D eigenvalue weighted by atomic mass is 19.3. The topological polar surface area (TPSA) is 75.6 Å². The number of alkyl halides is 2. The van der Waals surface area contributed by atoms with E-state index in [1.165, 1.54) is 0 Å². The molecule has 6 nitrogen and oxygen atoms in total. The highest BCUT2D eigenvalue weighted by molar-refractivity contribution is 6.02. The van der Waals surface area contributed by atoms with Gasteiger partial charge in [-0.1, -0.05) is 6.58 Å². The molecule has 0 aromatic carbocycles. The minimum Gasteiger partial charge on any atom is -0.355 e. The standard InChI is InChI=1S/C17H17F2N5O/c1-10(2-4-21-16(25)11-6-17(18,19)7-11)24-9-23-13-8-22-15-12(14(13)24)3-5-20-15/h3,5,8-9,11H,1-2,4,6-7H2,(H,20,22)(H,21,25). The number of H-pyrrole nitrogens is 1. The lowest BCUT2D eigenvalue weighted by atomic mass is 9.81. The normalized spacial score (nSPS) is 16.9. The Morgan fingerprint density at radius 3 is 3.00 bits per heavy atom. The number of aromatic nitrogens is 4. The SMILES string of the molecule is C=C(CCNC(=O)C1CC(F)(F)C1)n1cnc2cnc3[nH]ccc3c21. The third-order valence-electron chi connectivity index (χ3n) is 4.61. The number of amides is 1. The molecule has 130 valence electrons. The number of fused-ring (bicyclic) bond motifs is 3. The molecule has 1 fully saturated rings. The number of imidazole rings is 1. The number of hydrogen-bond donors (Lipinski definition) is 2. The van der Waals surface area contributed by atoms with Gasteiger partial charge in [-0.05, 0) is 6.07 Å². The van der Waals surface area contributed by atoms with Crippen molar-refractivity contribution >= 4 is 33.7 Å². The van der Waals surface area contributed by atoms with Gasteiger partial charge < -0.3 is 14.9 Å². The molecule has 3 aromatic heterocycles. The number of pyridine rings is 1. The number of halogens is 2. The van der Waals surface area contributed by atoms with Gasteiger partial charge in [0.05, 0.1) is 11.7 Å². The van der Waals surface area contributed by atoms with E-state index >= 15 is 0 Å². The average Bonchev–Trinajstić information content (AvgIpc) is 3.17. The van der Waals surface area contributed by atoms with E-state index in [4.69, 9.17) is 0 Å². The number of nitrogens with one attached hydrogen (secondary N) is 2. The van der Waals surface area contributed by atoms with Crippen LogP contribution in [0.5, 0.6) is 0 Å². The van der Waals surface area contributed by atoms with Crippen molar-refractivity contribution in [2.75, 3.05) is 6.54 Å². The quantitative estimate of drug-likeness (QED) is 0.746. The summed E-state index contributed by atoms with van der Waals surface area (Å²) in [5, 5.41) is 3.65. The Morgan fingerprint density at radius 1 is 1.44 bits per heavy atom. The van der Waals surface area contributed by atoms with Crippen LogP contribution in [0.15, 0.2) is 31.4 Å². The molecule has 3 heterocycles. The number of hydrogen-bond acceptors (Lipinski definition) is 3.